The number of hydrogen-bond acceptors (Lipinski definition) is 3. The van der Waals surface area contributed by atoms with E-state index < -0.39 is 0 Å². The van der Waals surface area contributed by atoms with E-state index in [4.69, 9.17) is 17.3 Å². The first-order valence-corrected chi connectivity index (χ1v) is 8.35. The summed E-state index contributed by atoms with van der Waals surface area (Å²) in [6.45, 7) is 1.95. The number of aryl methyl sites for hydroxylation is 1. The van der Waals surface area contributed by atoms with E-state index in [1.54, 1.807) is 12.1 Å². The lowest BCUT2D eigenvalue weighted by atomic mass is 10.2. The third kappa shape index (κ3) is 4.66. The molecule has 2 aromatic carbocycles. The summed E-state index contributed by atoms with van der Waals surface area (Å²) in [6, 6.07) is 11.0. The van der Waals surface area contributed by atoms with Gasteiger partial charge < -0.3 is 11.1 Å². The molecule has 21 heavy (non-hydrogen) atoms. The van der Waals surface area contributed by atoms with E-state index in [2.05, 4.69) is 21.2 Å². The lowest BCUT2D eigenvalue weighted by Gasteiger charge is -2.09. The minimum absolute atomic E-state index is 0.0697. The molecule has 0 aliphatic carbocycles. The van der Waals surface area contributed by atoms with Crippen molar-refractivity contribution < 1.29 is 4.79 Å². The number of nitrogens with one attached hydrogen (secondary N) is 1. The van der Waals surface area contributed by atoms with E-state index in [1.165, 1.54) is 11.8 Å². The van der Waals surface area contributed by atoms with E-state index in [9.17, 15) is 4.79 Å². The average Bonchev–Trinajstić information content (AvgIpc) is 2.41. The van der Waals surface area contributed by atoms with Gasteiger partial charge in [0.25, 0.3) is 0 Å². The van der Waals surface area contributed by atoms with Gasteiger partial charge in [0, 0.05) is 25.8 Å². The SMILES string of the molecule is Cc1cc(Br)ccc1NC(=O)CSc1ccc(Cl)cc1N. The van der Waals surface area contributed by atoms with Crippen molar-refractivity contribution in [3.8, 4) is 0 Å². The predicted octanol–water partition coefficient (Wildman–Crippen LogP) is 4.72. The molecular weight excluding hydrogens is 372 g/mol. The molecule has 0 unspecified atom stereocenters. The molecule has 1 amide bonds. The molecule has 110 valence electrons. The number of halogens is 2. The van der Waals surface area contributed by atoms with E-state index >= 15 is 0 Å². The van der Waals surface area contributed by atoms with Crippen molar-refractivity contribution in [3.05, 3.63) is 51.5 Å². The minimum Gasteiger partial charge on any atom is -0.398 e. The van der Waals surface area contributed by atoms with Crippen LogP contribution in [0, 0.1) is 6.92 Å². The normalized spacial score (nSPS) is 10.4. The molecule has 0 saturated carbocycles. The van der Waals surface area contributed by atoms with Gasteiger partial charge in [-0.25, -0.2) is 0 Å². The molecule has 2 rings (SSSR count). The maximum Gasteiger partial charge on any atom is 0.234 e. The summed E-state index contributed by atoms with van der Waals surface area (Å²) in [4.78, 5) is 12.8. The van der Waals surface area contributed by atoms with Gasteiger partial charge in [-0.1, -0.05) is 27.5 Å². The van der Waals surface area contributed by atoms with Gasteiger partial charge in [0.1, 0.15) is 0 Å². The number of nitrogen functional groups attached to an aromatic ring is 1. The molecule has 0 atom stereocenters. The van der Waals surface area contributed by atoms with Crippen LogP contribution in [0.4, 0.5) is 11.4 Å². The van der Waals surface area contributed by atoms with Crippen LogP contribution in [0.5, 0.6) is 0 Å². The summed E-state index contributed by atoms with van der Waals surface area (Å²) < 4.78 is 0.987. The largest absolute Gasteiger partial charge is 0.398 e. The van der Waals surface area contributed by atoms with Crippen LogP contribution < -0.4 is 11.1 Å². The summed E-state index contributed by atoms with van der Waals surface area (Å²) >= 11 is 10.6. The average molecular weight is 386 g/mol. The molecule has 0 aliphatic heterocycles. The highest BCUT2D eigenvalue weighted by molar-refractivity contribution is 9.10. The highest BCUT2D eigenvalue weighted by atomic mass is 79.9. The third-order valence-electron chi connectivity index (χ3n) is 2.79. The maximum atomic E-state index is 12.0. The van der Waals surface area contributed by atoms with Crippen molar-refractivity contribution in [2.45, 2.75) is 11.8 Å². The van der Waals surface area contributed by atoms with Crippen molar-refractivity contribution >= 4 is 56.6 Å². The second kappa shape index (κ2) is 7.20. The minimum atomic E-state index is -0.0697. The van der Waals surface area contributed by atoms with Gasteiger partial charge in [-0.15, -0.1) is 11.8 Å². The molecular formula is C15H14BrClN2OS. The Bertz CT molecular complexity index is 679. The van der Waals surface area contributed by atoms with Crippen molar-refractivity contribution in [2.24, 2.45) is 0 Å². The molecule has 0 spiro atoms. The monoisotopic (exact) mass is 384 g/mol. The molecule has 6 heteroatoms. The summed E-state index contributed by atoms with van der Waals surface area (Å²) in [7, 11) is 0. The quantitative estimate of drug-likeness (QED) is 0.591. The fourth-order valence-corrected chi connectivity index (χ4v) is 3.15. The summed E-state index contributed by atoms with van der Waals surface area (Å²) in [5, 5.41) is 3.48. The molecule has 0 aliphatic rings. The molecule has 2 aromatic rings. The molecule has 0 aromatic heterocycles. The number of hydrogen-bond donors (Lipinski definition) is 2. The number of amides is 1. The summed E-state index contributed by atoms with van der Waals surface area (Å²) in [5.41, 5.74) is 8.26. The van der Waals surface area contributed by atoms with Crippen LogP contribution in [0.1, 0.15) is 5.56 Å². The molecule has 3 N–H and O–H groups in total. The van der Waals surface area contributed by atoms with Crippen LogP contribution in [0.25, 0.3) is 0 Å². The van der Waals surface area contributed by atoms with E-state index in [1.807, 2.05) is 31.2 Å². The number of rotatable bonds is 4. The first kappa shape index (κ1) is 16.2. The van der Waals surface area contributed by atoms with Gasteiger partial charge in [0.05, 0.1) is 5.75 Å². The maximum absolute atomic E-state index is 12.0. The molecule has 0 bridgehead atoms. The molecule has 0 saturated heterocycles. The van der Waals surface area contributed by atoms with Crippen molar-refractivity contribution in [1.29, 1.82) is 0 Å². The van der Waals surface area contributed by atoms with E-state index in [0.717, 1.165) is 20.6 Å². The van der Waals surface area contributed by atoms with Crippen LogP contribution in [0.15, 0.2) is 45.8 Å². The zero-order chi connectivity index (χ0) is 15.4. The van der Waals surface area contributed by atoms with Gasteiger partial charge in [-0.3, -0.25) is 4.79 Å². The van der Waals surface area contributed by atoms with Gasteiger partial charge in [0.2, 0.25) is 5.91 Å². The second-order valence-corrected chi connectivity index (χ2v) is 6.85. The Morgan fingerprint density at radius 1 is 1.33 bits per heavy atom. The van der Waals surface area contributed by atoms with Gasteiger partial charge in [-0.2, -0.15) is 0 Å². The summed E-state index contributed by atoms with van der Waals surface area (Å²) in [6.07, 6.45) is 0. The second-order valence-electron chi connectivity index (χ2n) is 4.48. The highest BCUT2D eigenvalue weighted by Gasteiger charge is 2.08. The lowest BCUT2D eigenvalue weighted by Crippen LogP contribution is -2.14. The molecule has 3 nitrogen and oxygen atoms in total. The van der Waals surface area contributed by atoms with Crippen LogP contribution in [-0.2, 0) is 4.79 Å². The number of nitrogens with two attached hydrogens (primary N) is 1. The first-order chi connectivity index (χ1) is 9.95. The number of benzene rings is 2. The molecule has 0 radical (unpaired) electrons. The summed E-state index contributed by atoms with van der Waals surface area (Å²) in [5.74, 6) is 0.223. The van der Waals surface area contributed by atoms with Crippen molar-refractivity contribution in [1.82, 2.24) is 0 Å². The van der Waals surface area contributed by atoms with Crippen molar-refractivity contribution in [2.75, 3.05) is 16.8 Å². The van der Waals surface area contributed by atoms with Crippen LogP contribution in [0.3, 0.4) is 0 Å². The predicted molar refractivity (Wildman–Crippen MR) is 94.1 cm³/mol. The first-order valence-electron chi connectivity index (χ1n) is 6.19. The Labute approximate surface area is 141 Å². The zero-order valence-corrected chi connectivity index (χ0v) is 14.5. The van der Waals surface area contributed by atoms with Crippen LogP contribution in [0.2, 0.25) is 5.02 Å². The fourth-order valence-electron chi connectivity index (χ4n) is 1.75. The lowest BCUT2D eigenvalue weighted by molar-refractivity contribution is -0.113. The molecule has 0 heterocycles. The number of thioether (sulfide) groups is 1. The number of anilines is 2. The molecule has 0 fully saturated rings. The van der Waals surface area contributed by atoms with Gasteiger partial charge in [-0.05, 0) is 48.9 Å². The Hall–Kier alpha value is -1.17. The Morgan fingerprint density at radius 2 is 2.10 bits per heavy atom. The number of carbonyl (C=O) groups excluding carboxylic acids is 1. The zero-order valence-electron chi connectivity index (χ0n) is 11.3. The smallest absolute Gasteiger partial charge is 0.234 e. The standard InChI is InChI=1S/C15H14BrClN2OS/c1-9-6-10(16)2-4-13(9)19-15(20)8-21-14-5-3-11(17)7-12(14)18/h2-7H,8,18H2,1H3,(H,19,20). The fraction of sp³-hybridized carbons (Fsp3) is 0.133. The highest BCUT2D eigenvalue weighted by Crippen LogP contribution is 2.28. The van der Waals surface area contributed by atoms with Crippen LogP contribution >= 0.6 is 39.3 Å². The van der Waals surface area contributed by atoms with Crippen LogP contribution in [-0.4, -0.2) is 11.7 Å². The Kier molecular flexibility index (Phi) is 5.56. The Balaban J connectivity index is 1.96. The van der Waals surface area contributed by atoms with Crippen molar-refractivity contribution in [3.63, 3.8) is 0 Å². The van der Waals surface area contributed by atoms with Gasteiger partial charge >= 0.3 is 0 Å². The van der Waals surface area contributed by atoms with E-state index in [-0.39, 0.29) is 5.91 Å². The van der Waals surface area contributed by atoms with Gasteiger partial charge in [0.15, 0.2) is 0 Å². The number of carbonyl (C=O) groups is 1. The topological polar surface area (TPSA) is 55.1 Å². The third-order valence-corrected chi connectivity index (χ3v) is 4.61. The van der Waals surface area contributed by atoms with E-state index in [0.29, 0.717) is 16.5 Å². The Morgan fingerprint density at radius 3 is 2.76 bits per heavy atom.